The second-order valence-electron chi connectivity index (χ2n) is 23.2. The molecule has 4 saturated heterocycles. The number of ether oxygens (including phenoxy) is 3. The molecule has 418 valence electrons. The first-order valence-electron chi connectivity index (χ1n) is 27.6. The molecule has 3 atom stereocenters. The molecule has 4 N–H and O–H groups in total. The van der Waals surface area contributed by atoms with E-state index in [0.29, 0.717) is 56.3 Å². The number of benzene rings is 3. The van der Waals surface area contributed by atoms with E-state index < -0.39 is 42.9 Å². The zero-order valence-electron chi connectivity index (χ0n) is 45.4. The van der Waals surface area contributed by atoms with E-state index in [9.17, 15) is 32.8 Å². The van der Waals surface area contributed by atoms with Crippen molar-refractivity contribution in [2.24, 2.45) is 11.3 Å². The molecule has 3 aromatic carbocycles. The van der Waals surface area contributed by atoms with Crippen LogP contribution in [0.4, 0.5) is 21.6 Å². The first-order valence-corrected chi connectivity index (χ1v) is 29.1. The molecular weight excluding hydrogens is 1030 g/mol. The number of nitro groups is 1. The highest BCUT2D eigenvalue weighted by Crippen LogP contribution is 2.57. The summed E-state index contributed by atoms with van der Waals surface area (Å²) in [6, 6.07) is 26.3. The number of carbonyl (C=O) groups is 1. The quantitative estimate of drug-likeness (QED) is 0.0493. The van der Waals surface area contributed by atoms with Gasteiger partial charge >= 0.3 is 5.69 Å². The van der Waals surface area contributed by atoms with E-state index in [1.54, 1.807) is 26.2 Å². The maximum Gasteiger partial charge on any atom is 0.312 e. The number of aromatic amines is 1. The molecule has 2 unspecified atom stereocenters. The molecule has 1 amide bonds. The molecule has 79 heavy (non-hydrogen) atoms. The monoisotopic (exact) mass is 1100 g/mol. The number of nitrogens with one attached hydrogen (secondary N) is 3. The highest BCUT2D eigenvalue weighted by Gasteiger charge is 2.56. The van der Waals surface area contributed by atoms with Crippen LogP contribution in [0.5, 0.6) is 23.1 Å². The number of hydrogen-bond acceptors (Lipinski definition) is 15. The van der Waals surface area contributed by atoms with Crippen molar-refractivity contribution in [3.8, 4) is 23.1 Å². The van der Waals surface area contributed by atoms with Crippen LogP contribution in [-0.2, 0) is 16.6 Å². The predicted molar refractivity (Wildman–Crippen MR) is 298 cm³/mol. The molecule has 4 aliphatic heterocycles. The van der Waals surface area contributed by atoms with Crippen molar-refractivity contribution in [2.45, 2.75) is 132 Å². The van der Waals surface area contributed by atoms with Crippen molar-refractivity contribution in [2.75, 3.05) is 50.6 Å². The van der Waals surface area contributed by atoms with Gasteiger partial charge in [-0.3, -0.25) is 24.7 Å². The van der Waals surface area contributed by atoms with Crippen molar-refractivity contribution < 1.29 is 41.8 Å². The highest BCUT2D eigenvalue weighted by atomic mass is 32.2. The van der Waals surface area contributed by atoms with Gasteiger partial charge in [-0.2, -0.15) is 4.98 Å². The number of piperidine rings is 3. The lowest BCUT2D eigenvalue weighted by atomic mass is 9.58. The number of hydrogen-bond donors (Lipinski definition) is 4. The van der Waals surface area contributed by atoms with Crippen LogP contribution in [0.15, 0.2) is 96.2 Å². The Balaban J connectivity index is 0.816. The predicted octanol–water partition coefficient (Wildman–Crippen LogP) is 10.2. The van der Waals surface area contributed by atoms with Crippen LogP contribution in [0.1, 0.15) is 124 Å². The van der Waals surface area contributed by atoms with Crippen LogP contribution in [0.25, 0.3) is 11.0 Å². The highest BCUT2D eigenvalue weighted by molar-refractivity contribution is 7.90. The fourth-order valence-electron chi connectivity index (χ4n) is 13.3. The Labute approximate surface area is 460 Å². The van der Waals surface area contributed by atoms with Crippen LogP contribution in [0.2, 0.25) is 0 Å². The number of amides is 1. The zero-order chi connectivity index (χ0) is 55.4. The SMILES string of the molecule is COc1ccc(CN2CC3CCC2[C@@H](c2ccccc2C(C)C)N3C2CC3(CCN(c4ccc(C(=O)NS(=O)(=O)c5cnc(NCC6CCC(C)(O)CC6)c([N+](=O)[O-])c5)c(Oc5cc6c(F)c[nH]c6nc5OC)c4)CC3)C2)cc1. The van der Waals surface area contributed by atoms with Crippen LogP contribution < -0.4 is 29.1 Å². The number of H-pyrrole nitrogens is 1. The van der Waals surface area contributed by atoms with Crippen molar-refractivity contribution in [1.82, 2.24) is 29.5 Å². The molecule has 0 radical (unpaired) electrons. The maximum absolute atomic E-state index is 15.0. The van der Waals surface area contributed by atoms with Crippen molar-refractivity contribution in [3.05, 3.63) is 129 Å². The van der Waals surface area contributed by atoms with Gasteiger partial charge in [0.2, 0.25) is 5.82 Å². The Morgan fingerprint density at radius 2 is 1.70 bits per heavy atom. The fourth-order valence-corrected chi connectivity index (χ4v) is 14.3. The van der Waals surface area contributed by atoms with Gasteiger partial charge in [-0.05, 0) is 129 Å². The van der Waals surface area contributed by atoms with E-state index in [1.165, 1.54) is 42.4 Å². The smallest absolute Gasteiger partial charge is 0.312 e. The van der Waals surface area contributed by atoms with Crippen molar-refractivity contribution >= 4 is 44.2 Å². The Morgan fingerprint density at radius 3 is 2.41 bits per heavy atom. The number of sulfonamides is 1. The summed E-state index contributed by atoms with van der Waals surface area (Å²) in [6.45, 7) is 10.1. The number of anilines is 2. The van der Waals surface area contributed by atoms with E-state index in [1.807, 2.05) is 0 Å². The molecule has 6 aliphatic rings. The van der Waals surface area contributed by atoms with Gasteiger partial charge in [-0.15, -0.1) is 0 Å². The Kier molecular flexibility index (Phi) is 14.8. The number of aliphatic hydroxyl groups is 1. The van der Waals surface area contributed by atoms with Gasteiger partial charge in [-0.25, -0.2) is 22.5 Å². The molecule has 7 heterocycles. The summed E-state index contributed by atoms with van der Waals surface area (Å²) in [7, 11) is -1.67. The number of fused-ring (bicyclic) bond motifs is 4. The molecule has 2 saturated carbocycles. The van der Waals surface area contributed by atoms with Crippen LogP contribution in [-0.4, -0.2) is 113 Å². The first kappa shape index (κ1) is 54.1. The number of nitrogens with zero attached hydrogens (tertiary/aromatic N) is 6. The normalized spacial score (nSPS) is 23.4. The van der Waals surface area contributed by atoms with Crippen LogP contribution in [0.3, 0.4) is 0 Å². The largest absolute Gasteiger partial charge is 0.497 e. The van der Waals surface area contributed by atoms with Crippen molar-refractivity contribution in [3.63, 3.8) is 0 Å². The van der Waals surface area contributed by atoms with E-state index >= 15 is 0 Å². The van der Waals surface area contributed by atoms with Gasteiger partial charge in [0, 0.05) is 80.9 Å². The number of methoxy groups -OCH3 is 2. The molecule has 2 aliphatic carbocycles. The molecule has 6 aromatic rings. The average molecular weight is 1100 g/mol. The van der Waals surface area contributed by atoms with Crippen molar-refractivity contribution in [1.29, 1.82) is 0 Å². The molecule has 3 aromatic heterocycles. The number of halogens is 1. The van der Waals surface area contributed by atoms with Gasteiger partial charge in [0.15, 0.2) is 5.75 Å². The second kappa shape index (κ2) is 21.6. The zero-order valence-corrected chi connectivity index (χ0v) is 46.2. The minimum atomic E-state index is -4.75. The van der Waals surface area contributed by atoms with Crippen LogP contribution in [0, 0.1) is 27.3 Å². The minimum absolute atomic E-state index is 0.0116. The average Bonchev–Trinajstić information content (AvgIpc) is 3.93. The third-order valence-electron chi connectivity index (χ3n) is 17.7. The standard InChI is InChI=1S/C59H70FN9O9S/c1-36(2)44-8-6-7-9-45(44)53-49-17-13-40(35-67(49)34-38-10-14-42(76-4)15-11-38)68(53)41-29-59(30-41)22-24-66(25-23-59)39-12-16-46(51(26-39)78-52-28-47-48(60)33-63-54(47)64-57(52)77-5)56(70)65-79(74,75)43-27-50(69(72)73)55(62-32-43)61-31-37-18-20-58(3,71)21-19-37/h6-12,14-16,26-28,32-33,36-37,40-41,49,53,71H,13,17-25,29-31,34-35H2,1-5H3,(H,61,62)(H,63,64)(H,65,70)/t37?,40?,49?,53-,58?/m1/s1. The van der Waals surface area contributed by atoms with Gasteiger partial charge in [0.05, 0.1) is 47.9 Å². The number of piperazine rings is 1. The summed E-state index contributed by atoms with van der Waals surface area (Å²) in [5.41, 5.74) is 3.76. The number of carbonyl (C=O) groups excluding carboxylic acids is 1. The molecule has 18 nitrogen and oxygen atoms in total. The summed E-state index contributed by atoms with van der Waals surface area (Å²) in [5.74, 6) is -0.476. The van der Waals surface area contributed by atoms with Gasteiger partial charge in [0.1, 0.15) is 27.9 Å². The first-order chi connectivity index (χ1) is 37.9. The lowest BCUT2D eigenvalue weighted by Crippen LogP contribution is -2.68. The number of pyridine rings is 2. The molecule has 1 spiro atoms. The van der Waals surface area contributed by atoms with Gasteiger partial charge in [-0.1, -0.05) is 50.2 Å². The van der Waals surface area contributed by atoms with Gasteiger partial charge in [0.25, 0.3) is 21.8 Å². The molecular formula is C59H70FN9O9S. The van der Waals surface area contributed by atoms with E-state index in [2.05, 4.69) is 102 Å². The Morgan fingerprint density at radius 1 is 0.949 bits per heavy atom. The summed E-state index contributed by atoms with van der Waals surface area (Å²) >= 11 is 0. The summed E-state index contributed by atoms with van der Waals surface area (Å²) in [6.07, 6.45) is 11.2. The number of aromatic nitrogens is 3. The van der Waals surface area contributed by atoms with Gasteiger partial charge < -0.3 is 34.5 Å². The van der Waals surface area contributed by atoms with E-state index in [4.69, 9.17) is 14.2 Å². The number of rotatable bonds is 17. The maximum atomic E-state index is 15.0. The summed E-state index contributed by atoms with van der Waals surface area (Å²) in [4.78, 5) is 44.3. The molecule has 12 rings (SSSR count). The minimum Gasteiger partial charge on any atom is -0.497 e. The third-order valence-corrected chi connectivity index (χ3v) is 19.0. The lowest BCUT2D eigenvalue weighted by Gasteiger charge is -2.64. The van der Waals surface area contributed by atoms with E-state index in [0.717, 1.165) is 88.2 Å². The van der Waals surface area contributed by atoms with Crippen LogP contribution >= 0.6 is 0 Å². The lowest BCUT2D eigenvalue weighted by molar-refractivity contribution is -0.384. The summed E-state index contributed by atoms with van der Waals surface area (Å²) in [5, 5.41) is 25.7. The fraction of sp³-hybridized carbons (Fsp3) is 0.475. The Hall–Kier alpha value is -6.87. The molecule has 2 bridgehead atoms. The third kappa shape index (κ3) is 11.0. The van der Waals surface area contributed by atoms with E-state index in [-0.39, 0.29) is 57.2 Å². The Bertz CT molecular complexity index is 3350. The summed E-state index contributed by atoms with van der Waals surface area (Å²) < 4.78 is 62.3. The topological polar surface area (TPSA) is 218 Å². The second-order valence-corrected chi connectivity index (χ2v) is 24.8. The molecule has 6 fully saturated rings. The molecule has 20 heteroatoms.